The van der Waals surface area contributed by atoms with Crippen LogP contribution in [0.5, 0.6) is 0 Å². The van der Waals surface area contributed by atoms with Crippen LogP contribution < -0.4 is 0 Å². The van der Waals surface area contributed by atoms with Gasteiger partial charge in [-0.3, -0.25) is 0 Å². The highest BCUT2D eigenvalue weighted by molar-refractivity contribution is 7.34. The quantitative estimate of drug-likeness (QED) is 0.349. The van der Waals surface area contributed by atoms with Crippen LogP contribution >= 0.6 is 8.81 Å². The minimum Gasteiger partial charge on any atom is -0.366 e. The lowest BCUT2D eigenvalue weighted by Crippen LogP contribution is -1.67. The normalized spacial score (nSPS) is 10.6. The molecule has 0 heterocycles. The Hall–Kier alpha value is 0.455. The molecule has 0 saturated carbocycles. The van der Waals surface area contributed by atoms with Gasteiger partial charge < -0.3 is 4.52 Å². The summed E-state index contributed by atoms with van der Waals surface area (Å²) in [6.07, 6.45) is 0. The van der Waals surface area contributed by atoms with Crippen molar-refractivity contribution in [3.05, 3.63) is 0 Å². The van der Waals surface area contributed by atoms with Gasteiger partial charge in [0.25, 0.3) is 0 Å². The van der Waals surface area contributed by atoms with Gasteiger partial charge in [-0.1, -0.05) is 0 Å². The second-order valence-electron chi connectivity index (χ2n) is 0.553. The first-order valence-electron chi connectivity index (χ1n) is 1.37. The van der Waals surface area contributed by atoms with Gasteiger partial charge >= 0.3 is 0 Å². The van der Waals surface area contributed by atoms with Gasteiger partial charge in [-0.05, 0) is 6.06 Å². The molecule has 0 spiro atoms. The van der Waals surface area contributed by atoms with Gasteiger partial charge in [-0.15, -0.1) is 0 Å². The maximum atomic E-state index is 5.03. The van der Waals surface area contributed by atoms with Crippen molar-refractivity contribution in [1.29, 1.82) is 0 Å². The van der Waals surface area contributed by atoms with Crippen LogP contribution in [0.15, 0.2) is 0 Å². The molecular weight excluding hydrogens is 81.8 g/mol. The fourth-order valence-electron chi connectivity index (χ4n) is 0.0833. The summed E-state index contributed by atoms with van der Waals surface area (Å²) in [5, 5.41) is 0. The summed E-state index contributed by atoms with van der Waals surface area (Å²) in [4.78, 5) is 0. The fourth-order valence-corrected chi connectivity index (χ4v) is 0.250. The van der Waals surface area contributed by atoms with Crippen LogP contribution in [0.25, 0.3) is 0 Å². The first kappa shape index (κ1) is 5.45. The van der Waals surface area contributed by atoms with Crippen molar-refractivity contribution < 1.29 is 4.52 Å². The van der Waals surface area contributed by atoms with Gasteiger partial charge in [0.05, 0.1) is 7.85 Å². The minimum atomic E-state index is 0.475. The molecule has 0 amide bonds. The number of hydrogen-bond acceptors (Lipinski definition) is 1. The zero-order valence-electron chi connectivity index (χ0n) is 3.19. The smallest absolute Gasteiger partial charge is 0.0742 e. The van der Waals surface area contributed by atoms with E-state index in [1.807, 2.05) is 0 Å². The largest absolute Gasteiger partial charge is 0.366 e. The van der Waals surface area contributed by atoms with Gasteiger partial charge in [-0.25, -0.2) is 0 Å². The van der Waals surface area contributed by atoms with Crippen molar-refractivity contribution in [2.45, 2.75) is 0 Å². The molecule has 1 unspecified atom stereocenters. The predicted octanol–water partition coefficient (Wildman–Crippen LogP) is 0.352. The van der Waals surface area contributed by atoms with E-state index in [9.17, 15) is 0 Å². The third-order valence-electron chi connectivity index (χ3n) is 0.228. The van der Waals surface area contributed by atoms with Gasteiger partial charge in [-0.2, -0.15) is 0 Å². The van der Waals surface area contributed by atoms with Gasteiger partial charge in [0, 0.05) is 15.9 Å². The Morgan fingerprint density at radius 1 is 2.00 bits per heavy atom. The molecule has 28 valence electrons. The molecule has 0 fully saturated rings. The Morgan fingerprint density at radius 2 is 2.60 bits per heavy atom. The van der Waals surface area contributed by atoms with Crippen LogP contribution in [0.4, 0.5) is 0 Å². The Morgan fingerprint density at radius 3 is 2.60 bits per heavy atom. The number of hydrogen-bond donors (Lipinski definition) is 0. The molecule has 1 atom stereocenters. The van der Waals surface area contributed by atoms with Crippen molar-refractivity contribution in [1.82, 2.24) is 0 Å². The average Bonchev–Trinajstić information content (AvgIpc) is 1.41. The first-order valence-corrected chi connectivity index (χ1v) is 2.49. The lowest BCUT2D eigenvalue weighted by atomic mass is 10.2. The van der Waals surface area contributed by atoms with Crippen LogP contribution in [0.3, 0.4) is 0 Å². The van der Waals surface area contributed by atoms with E-state index in [0.717, 1.165) is 0 Å². The van der Waals surface area contributed by atoms with Crippen LogP contribution in [-0.4, -0.2) is 21.0 Å². The summed E-state index contributed by atoms with van der Waals surface area (Å²) in [5.74, 6) is 0. The summed E-state index contributed by atoms with van der Waals surface area (Å²) in [6, 6.07) is 0.649. The molecule has 3 heteroatoms. The molecule has 0 bridgehead atoms. The third kappa shape index (κ3) is 4.45. The van der Waals surface area contributed by atoms with Gasteiger partial charge in [0.15, 0.2) is 0 Å². The molecule has 0 aromatic rings. The lowest BCUT2D eigenvalue weighted by Gasteiger charge is -1.84. The highest BCUT2D eigenvalue weighted by atomic mass is 31.1. The molecule has 0 aliphatic carbocycles. The van der Waals surface area contributed by atoms with E-state index >= 15 is 0 Å². The van der Waals surface area contributed by atoms with E-state index < -0.39 is 0 Å². The van der Waals surface area contributed by atoms with E-state index in [1.54, 1.807) is 7.11 Å². The van der Waals surface area contributed by atoms with Crippen LogP contribution in [0.2, 0.25) is 0 Å². The molecular formula is C2H6BOP. The molecule has 0 aromatic carbocycles. The fraction of sp³-hybridized carbons (Fsp3) is 1.00. The SMILES string of the molecule is [B]CPOC. The van der Waals surface area contributed by atoms with E-state index in [4.69, 9.17) is 7.85 Å². The van der Waals surface area contributed by atoms with Crippen LogP contribution in [0.1, 0.15) is 0 Å². The minimum absolute atomic E-state index is 0.475. The highest BCUT2D eigenvalue weighted by Crippen LogP contribution is 2.02. The molecule has 5 heavy (non-hydrogen) atoms. The van der Waals surface area contributed by atoms with Gasteiger partial charge in [0.1, 0.15) is 0 Å². The molecule has 0 aromatic heterocycles. The van der Waals surface area contributed by atoms with Crippen LogP contribution in [-0.2, 0) is 4.52 Å². The van der Waals surface area contributed by atoms with E-state index in [0.29, 0.717) is 14.9 Å². The molecule has 0 saturated heterocycles. The Bertz CT molecular complexity index is 17.1. The van der Waals surface area contributed by atoms with E-state index in [2.05, 4.69) is 4.52 Å². The first-order chi connectivity index (χ1) is 2.41. The van der Waals surface area contributed by atoms with E-state index in [1.165, 1.54) is 0 Å². The zero-order valence-corrected chi connectivity index (χ0v) is 4.19. The van der Waals surface area contributed by atoms with Crippen molar-refractivity contribution in [3.63, 3.8) is 0 Å². The summed E-state index contributed by atoms with van der Waals surface area (Å²) >= 11 is 0. The highest BCUT2D eigenvalue weighted by Gasteiger charge is 1.66. The topological polar surface area (TPSA) is 9.23 Å². The average molecular weight is 87.9 g/mol. The zero-order chi connectivity index (χ0) is 4.12. The standard InChI is InChI=1S/C2H6BOP/c1-4-5-2-3/h5H,2H2,1H3. The molecule has 1 nitrogen and oxygen atoms in total. The third-order valence-corrected chi connectivity index (χ3v) is 0.683. The summed E-state index contributed by atoms with van der Waals surface area (Å²) in [7, 11) is 7.15. The predicted molar refractivity (Wildman–Crippen MR) is 25.9 cm³/mol. The maximum absolute atomic E-state index is 5.03. The molecule has 0 aliphatic rings. The van der Waals surface area contributed by atoms with E-state index in [-0.39, 0.29) is 0 Å². The van der Waals surface area contributed by atoms with Crippen molar-refractivity contribution in [2.75, 3.05) is 13.2 Å². The second kappa shape index (κ2) is 4.45. The van der Waals surface area contributed by atoms with Crippen LogP contribution in [0, 0.1) is 0 Å². The number of rotatable bonds is 2. The van der Waals surface area contributed by atoms with Crippen molar-refractivity contribution in [3.8, 4) is 0 Å². The van der Waals surface area contributed by atoms with Crippen molar-refractivity contribution in [2.24, 2.45) is 0 Å². The van der Waals surface area contributed by atoms with Gasteiger partial charge in [0.2, 0.25) is 0 Å². The maximum Gasteiger partial charge on any atom is 0.0742 e. The Labute approximate surface area is 35.4 Å². The molecule has 0 N–H and O–H groups in total. The molecule has 0 rings (SSSR count). The summed E-state index contributed by atoms with van der Waals surface area (Å²) < 4.78 is 4.59. The molecule has 2 radical (unpaired) electrons. The summed E-state index contributed by atoms with van der Waals surface area (Å²) in [5.41, 5.74) is 0. The lowest BCUT2D eigenvalue weighted by molar-refractivity contribution is 0.478. The molecule has 0 aliphatic heterocycles. The monoisotopic (exact) mass is 88.0 g/mol. The Balaban J connectivity index is 2.19. The summed E-state index contributed by atoms with van der Waals surface area (Å²) in [6.45, 7) is 0. The van der Waals surface area contributed by atoms with Crippen molar-refractivity contribution >= 4 is 16.7 Å². The Kier molecular flexibility index (Phi) is 4.86. The second-order valence-corrected chi connectivity index (χ2v) is 1.66.